The van der Waals surface area contributed by atoms with E-state index in [2.05, 4.69) is 4.98 Å². The maximum Gasteiger partial charge on any atom is 0.341 e. The summed E-state index contributed by atoms with van der Waals surface area (Å²) in [4.78, 5) is 30.3. The molecule has 2 aromatic heterocycles. The lowest BCUT2D eigenvalue weighted by Gasteiger charge is -2.25. The van der Waals surface area contributed by atoms with E-state index in [1.165, 1.54) is 0 Å². The van der Waals surface area contributed by atoms with E-state index < -0.39 is 40.1 Å². The molecule has 2 fully saturated rings. The molecule has 0 amide bonds. The lowest BCUT2D eigenvalue weighted by atomic mass is 10.1. The minimum atomic E-state index is -1.60. The number of aromatic carboxylic acids is 1. The van der Waals surface area contributed by atoms with E-state index in [-0.39, 0.29) is 47.3 Å². The zero-order valence-electron chi connectivity index (χ0n) is 17.0. The topological polar surface area (TPSA) is 137 Å². The first-order valence-electron chi connectivity index (χ1n) is 10.0. The van der Waals surface area contributed by atoms with Crippen LogP contribution in [0.4, 0.5) is 24.7 Å². The standard InChI is InChI=1S/C21H18F3N5O4/c22-10-4-11(23)16(5-13(10)25)28-6-9(21(31)32)17(30)8-3-12(24)20(27-19(8)28)29-7-14(26)18-15(29)1-2-33-18/h3-6,14-15,18H,1-2,7,25-26H2,(H,31,32)/t14-,15+,18+/m0/s1. The van der Waals surface area contributed by atoms with Crippen LogP contribution >= 0.6 is 0 Å². The molecule has 2 saturated heterocycles. The fourth-order valence-electron chi connectivity index (χ4n) is 4.54. The van der Waals surface area contributed by atoms with E-state index in [1.54, 1.807) is 4.90 Å². The molecular weight excluding hydrogens is 443 g/mol. The van der Waals surface area contributed by atoms with Crippen LogP contribution in [0.3, 0.4) is 0 Å². The van der Waals surface area contributed by atoms with Gasteiger partial charge in [-0.15, -0.1) is 0 Å². The zero-order valence-corrected chi connectivity index (χ0v) is 17.0. The molecule has 9 nitrogen and oxygen atoms in total. The van der Waals surface area contributed by atoms with Gasteiger partial charge in [0.05, 0.1) is 34.9 Å². The van der Waals surface area contributed by atoms with E-state index >= 15 is 4.39 Å². The number of carbonyl (C=O) groups is 1. The number of rotatable bonds is 3. The van der Waals surface area contributed by atoms with Crippen molar-refractivity contribution in [1.29, 1.82) is 0 Å². The predicted molar refractivity (Wildman–Crippen MR) is 112 cm³/mol. The second kappa shape index (κ2) is 7.46. The third-order valence-electron chi connectivity index (χ3n) is 6.07. The monoisotopic (exact) mass is 461 g/mol. The highest BCUT2D eigenvalue weighted by Gasteiger charge is 2.45. The number of carboxylic acids is 1. The molecule has 172 valence electrons. The van der Waals surface area contributed by atoms with Crippen molar-refractivity contribution in [2.75, 3.05) is 23.8 Å². The molecule has 2 aliphatic heterocycles. The second-order valence-electron chi connectivity index (χ2n) is 8.04. The van der Waals surface area contributed by atoms with Gasteiger partial charge in [-0.1, -0.05) is 0 Å². The van der Waals surface area contributed by atoms with Crippen molar-refractivity contribution < 1.29 is 27.8 Å². The highest BCUT2D eigenvalue weighted by atomic mass is 19.1. The molecule has 0 aliphatic carbocycles. The third kappa shape index (κ3) is 3.21. The highest BCUT2D eigenvalue weighted by molar-refractivity contribution is 5.92. The molecule has 3 aromatic rings. The first kappa shape index (κ1) is 21.2. The van der Waals surface area contributed by atoms with Crippen LogP contribution in [0, 0.1) is 17.5 Å². The van der Waals surface area contributed by atoms with Gasteiger partial charge in [0.15, 0.2) is 17.3 Å². The van der Waals surface area contributed by atoms with E-state index in [4.69, 9.17) is 16.2 Å². The molecule has 2 aliphatic rings. The highest BCUT2D eigenvalue weighted by Crippen LogP contribution is 2.34. The molecule has 0 unspecified atom stereocenters. The normalized spacial score (nSPS) is 22.2. The Hall–Kier alpha value is -3.64. The predicted octanol–water partition coefficient (Wildman–Crippen LogP) is 1.39. The van der Waals surface area contributed by atoms with E-state index in [0.717, 1.165) is 22.9 Å². The number of fused-ring (bicyclic) bond motifs is 2. The molecule has 5 rings (SSSR count). The van der Waals surface area contributed by atoms with Gasteiger partial charge in [0.25, 0.3) is 0 Å². The van der Waals surface area contributed by atoms with Gasteiger partial charge in [0.1, 0.15) is 17.2 Å². The molecule has 0 spiro atoms. The molecule has 0 saturated carbocycles. The van der Waals surface area contributed by atoms with Gasteiger partial charge in [-0.3, -0.25) is 9.36 Å². The molecule has 3 atom stereocenters. The summed E-state index contributed by atoms with van der Waals surface area (Å²) in [5.41, 5.74) is 8.97. The van der Waals surface area contributed by atoms with Gasteiger partial charge in [0.2, 0.25) is 5.43 Å². The maximum absolute atomic E-state index is 15.2. The summed E-state index contributed by atoms with van der Waals surface area (Å²) < 4.78 is 50.2. The fourth-order valence-corrected chi connectivity index (χ4v) is 4.54. The fraction of sp³-hybridized carbons (Fsp3) is 0.286. The van der Waals surface area contributed by atoms with Gasteiger partial charge >= 0.3 is 5.97 Å². The summed E-state index contributed by atoms with van der Waals surface area (Å²) in [5.74, 6) is -4.71. The third-order valence-corrected chi connectivity index (χ3v) is 6.07. The zero-order chi connectivity index (χ0) is 23.6. The van der Waals surface area contributed by atoms with E-state index in [0.29, 0.717) is 19.1 Å². The molecule has 1 aromatic carbocycles. The molecular formula is C21H18F3N5O4. The van der Waals surface area contributed by atoms with Crippen LogP contribution in [0.25, 0.3) is 16.7 Å². The number of nitrogens with two attached hydrogens (primary N) is 2. The number of ether oxygens (including phenoxy) is 1. The number of hydrogen-bond donors (Lipinski definition) is 3. The van der Waals surface area contributed by atoms with Crippen LogP contribution in [-0.4, -0.2) is 52.0 Å². The number of anilines is 2. The van der Waals surface area contributed by atoms with Gasteiger partial charge in [-0.25, -0.2) is 22.9 Å². The summed E-state index contributed by atoms with van der Waals surface area (Å²) >= 11 is 0. The van der Waals surface area contributed by atoms with Gasteiger partial charge in [0, 0.05) is 25.4 Å². The average molecular weight is 461 g/mol. The SMILES string of the molecule is Nc1cc(-n2cc(C(=O)O)c(=O)c3cc(F)c(N4C[C@H](N)[C@H]5OCC[C@H]54)nc32)c(F)cc1F. The van der Waals surface area contributed by atoms with E-state index in [1.807, 2.05) is 0 Å². The minimum Gasteiger partial charge on any atom is -0.477 e. The Kier molecular flexibility index (Phi) is 4.79. The lowest BCUT2D eigenvalue weighted by molar-refractivity contribution is 0.0695. The lowest BCUT2D eigenvalue weighted by Crippen LogP contribution is -2.35. The molecule has 0 bridgehead atoms. The minimum absolute atomic E-state index is 0.136. The second-order valence-corrected chi connectivity index (χ2v) is 8.04. The van der Waals surface area contributed by atoms with Crippen LogP contribution in [0.1, 0.15) is 16.8 Å². The Morgan fingerprint density at radius 2 is 1.94 bits per heavy atom. The van der Waals surface area contributed by atoms with Crippen LogP contribution in [0.5, 0.6) is 0 Å². The maximum atomic E-state index is 15.2. The molecule has 4 heterocycles. The van der Waals surface area contributed by atoms with E-state index in [9.17, 15) is 23.5 Å². The Morgan fingerprint density at radius 3 is 2.67 bits per heavy atom. The van der Waals surface area contributed by atoms with Crippen molar-refractivity contribution in [3.63, 3.8) is 0 Å². The number of nitrogens with zero attached hydrogens (tertiary/aromatic N) is 3. The summed E-state index contributed by atoms with van der Waals surface area (Å²) in [7, 11) is 0. The van der Waals surface area contributed by atoms with Crippen molar-refractivity contribution in [3.8, 4) is 5.69 Å². The van der Waals surface area contributed by atoms with Crippen molar-refractivity contribution in [1.82, 2.24) is 9.55 Å². The molecule has 12 heteroatoms. The summed E-state index contributed by atoms with van der Waals surface area (Å²) in [6.45, 7) is 0.682. The number of carboxylic acid groups (broad SMARTS) is 1. The average Bonchev–Trinajstić information content (AvgIpc) is 3.35. The quantitative estimate of drug-likeness (QED) is 0.498. The number of halogens is 3. The number of pyridine rings is 2. The summed E-state index contributed by atoms with van der Waals surface area (Å²) in [6, 6.07) is 1.70. The Balaban J connectivity index is 1.80. The molecule has 0 radical (unpaired) electrons. The van der Waals surface area contributed by atoms with Gasteiger partial charge in [-0.2, -0.15) is 0 Å². The summed E-state index contributed by atoms with van der Waals surface area (Å²) in [5, 5.41) is 9.06. The number of nitrogen functional groups attached to an aromatic ring is 1. The van der Waals surface area contributed by atoms with Crippen molar-refractivity contribution in [2.45, 2.75) is 24.6 Å². The van der Waals surface area contributed by atoms with Crippen LogP contribution < -0.4 is 21.8 Å². The summed E-state index contributed by atoms with van der Waals surface area (Å²) in [6.07, 6.45) is 1.13. The van der Waals surface area contributed by atoms with Crippen LogP contribution in [0.15, 0.2) is 29.2 Å². The smallest absolute Gasteiger partial charge is 0.341 e. The first-order valence-corrected chi connectivity index (χ1v) is 10.0. The Labute approximate surface area is 184 Å². The number of benzene rings is 1. The largest absolute Gasteiger partial charge is 0.477 e. The number of hydrogen-bond acceptors (Lipinski definition) is 7. The Morgan fingerprint density at radius 1 is 1.18 bits per heavy atom. The van der Waals surface area contributed by atoms with Crippen LogP contribution in [0.2, 0.25) is 0 Å². The first-order chi connectivity index (χ1) is 15.7. The molecule has 5 N–H and O–H groups in total. The van der Waals surface area contributed by atoms with Gasteiger partial charge in [-0.05, 0) is 18.6 Å². The van der Waals surface area contributed by atoms with Gasteiger partial charge < -0.3 is 26.2 Å². The number of aromatic nitrogens is 2. The van der Waals surface area contributed by atoms with Crippen molar-refractivity contribution >= 4 is 28.5 Å². The Bertz CT molecular complexity index is 1380. The van der Waals surface area contributed by atoms with Crippen molar-refractivity contribution in [2.24, 2.45) is 5.73 Å². The van der Waals surface area contributed by atoms with Crippen molar-refractivity contribution in [3.05, 3.63) is 57.6 Å². The van der Waals surface area contributed by atoms with Crippen LogP contribution in [-0.2, 0) is 4.74 Å². The molecule has 33 heavy (non-hydrogen) atoms.